The van der Waals surface area contributed by atoms with E-state index < -0.39 is 28.6 Å². The lowest BCUT2D eigenvalue weighted by atomic mass is 10.3. The van der Waals surface area contributed by atoms with Crippen molar-refractivity contribution in [3.05, 3.63) is 12.0 Å². The second kappa shape index (κ2) is 4.00. The third kappa shape index (κ3) is 3.38. The van der Waals surface area contributed by atoms with E-state index in [0.717, 1.165) is 0 Å². The Morgan fingerprint density at radius 3 is 1.87 bits per heavy atom. The predicted octanol–water partition coefficient (Wildman–Crippen LogP) is 1.97. The summed E-state index contributed by atoms with van der Waals surface area (Å²) in [5.41, 5.74) is 0. The number of hydrogen-bond acceptors (Lipinski definition) is 3. The molecular weight excluding hydrogens is 254 g/mol. The zero-order valence-electron chi connectivity index (χ0n) is 6.76. The predicted molar refractivity (Wildman–Crippen MR) is 36.1 cm³/mol. The maximum atomic E-state index is 12.2. The minimum absolute atomic E-state index is 0.105. The van der Waals surface area contributed by atoms with E-state index in [-0.39, 0.29) is 5.41 Å². The van der Waals surface area contributed by atoms with Crippen molar-refractivity contribution in [2.45, 2.75) is 18.5 Å². The molecule has 0 aromatic heterocycles. The highest BCUT2D eigenvalue weighted by Gasteiger charge is 2.65. The monoisotopic (exact) mass is 258 g/mol. The summed E-state index contributed by atoms with van der Waals surface area (Å²) in [7, 11) is -4.95. The zero-order valence-corrected chi connectivity index (χ0v) is 7.58. The SMILES string of the molecule is C=CS(=O)(=O)OC(F)C(F)(F)C(F)(F)F. The quantitative estimate of drug-likeness (QED) is 0.572. The molecule has 0 spiro atoms. The Balaban J connectivity index is 4.89. The van der Waals surface area contributed by atoms with Gasteiger partial charge < -0.3 is 0 Å². The highest BCUT2D eigenvalue weighted by molar-refractivity contribution is 7.89. The molecule has 0 aliphatic rings. The molecule has 90 valence electrons. The van der Waals surface area contributed by atoms with Crippen molar-refractivity contribution in [1.29, 1.82) is 0 Å². The lowest BCUT2D eigenvalue weighted by molar-refractivity contribution is -0.327. The molecule has 0 aliphatic heterocycles. The molecular formula is C5H4F6O3S. The van der Waals surface area contributed by atoms with E-state index in [9.17, 15) is 34.8 Å². The molecule has 0 aromatic rings. The zero-order chi connectivity index (χ0) is 12.5. The summed E-state index contributed by atoms with van der Waals surface area (Å²) in [4.78, 5) is 0. The van der Waals surface area contributed by atoms with Gasteiger partial charge in [0.1, 0.15) is 0 Å². The summed E-state index contributed by atoms with van der Waals surface area (Å²) in [6, 6.07) is 0. The number of alkyl halides is 6. The van der Waals surface area contributed by atoms with Crippen LogP contribution in [0.15, 0.2) is 12.0 Å². The maximum absolute atomic E-state index is 12.2. The Morgan fingerprint density at radius 1 is 1.20 bits per heavy atom. The van der Waals surface area contributed by atoms with Gasteiger partial charge in [-0.1, -0.05) is 6.58 Å². The van der Waals surface area contributed by atoms with Crippen LogP contribution in [0, 0.1) is 0 Å². The molecule has 15 heavy (non-hydrogen) atoms. The van der Waals surface area contributed by atoms with Crippen molar-refractivity contribution in [2.75, 3.05) is 0 Å². The first-order valence-electron chi connectivity index (χ1n) is 3.08. The Hall–Kier alpha value is -0.770. The van der Waals surface area contributed by atoms with E-state index in [1.54, 1.807) is 0 Å². The summed E-state index contributed by atoms with van der Waals surface area (Å²) in [5.74, 6) is -5.91. The molecule has 0 radical (unpaired) electrons. The fourth-order valence-electron chi connectivity index (χ4n) is 0.346. The second-order valence-corrected chi connectivity index (χ2v) is 3.70. The maximum Gasteiger partial charge on any atom is 0.459 e. The summed E-state index contributed by atoms with van der Waals surface area (Å²) < 4.78 is 94.3. The standard InChI is InChI=1S/C5H4F6O3S/c1-2-15(12,13)14-3(6)4(7,8)5(9,10)11/h2-3H,1H2. The molecule has 0 saturated carbocycles. The summed E-state index contributed by atoms with van der Waals surface area (Å²) in [6.45, 7) is 2.52. The van der Waals surface area contributed by atoms with E-state index in [4.69, 9.17) is 0 Å². The van der Waals surface area contributed by atoms with Gasteiger partial charge in [-0.2, -0.15) is 30.4 Å². The topological polar surface area (TPSA) is 43.4 Å². The smallest absolute Gasteiger partial charge is 0.223 e. The molecule has 0 aliphatic carbocycles. The van der Waals surface area contributed by atoms with Crippen LogP contribution in [0.5, 0.6) is 0 Å². The van der Waals surface area contributed by atoms with E-state index in [1.165, 1.54) is 0 Å². The molecule has 0 aromatic carbocycles. The van der Waals surface area contributed by atoms with Gasteiger partial charge in [0.25, 0.3) is 16.5 Å². The van der Waals surface area contributed by atoms with E-state index in [2.05, 4.69) is 10.8 Å². The first kappa shape index (κ1) is 14.2. The Kier molecular flexibility index (Phi) is 3.80. The van der Waals surface area contributed by atoms with Crippen molar-refractivity contribution in [3.63, 3.8) is 0 Å². The van der Waals surface area contributed by atoms with Crippen molar-refractivity contribution in [2.24, 2.45) is 0 Å². The minimum Gasteiger partial charge on any atom is -0.223 e. The first-order valence-corrected chi connectivity index (χ1v) is 4.55. The van der Waals surface area contributed by atoms with Crippen LogP contribution in [0.1, 0.15) is 0 Å². The van der Waals surface area contributed by atoms with Crippen LogP contribution in [0.2, 0.25) is 0 Å². The molecule has 10 heteroatoms. The molecule has 0 rings (SSSR count). The molecule has 1 atom stereocenters. The Morgan fingerprint density at radius 2 is 1.60 bits per heavy atom. The van der Waals surface area contributed by atoms with Gasteiger partial charge >= 0.3 is 12.1 Å². The molecule has 0 amide bonds. The fraction of sp³-hybridized carbons (Fsp3) is 0.600. The third-order valence-electron chi connectivity index (χ3n) is 1.09. The lowest BCUT2D eigenvalue weighted by Crippen LogP contribution is -2.46. The van der Waals surface area contributed by atoms with E-state index in [0.29, 0.717) is 0 Å². The Bertz CT molecular complexity index is 331. The van der Waals surface area contributed by atoms with Gasteiger partial charge in [-0.15, -0.1) is 0 Å². The third-order valence-corrected chi connectivity index (χ3v) is 1.93. The van der Waals surface area contributed by atoms with Gasteiger partial charge in [-0.3, -0.25) is 0 Å². The van der Waals surface area contributed by atoms with Gasteiger partial charge in [0, 0.05) is 0 Å². The molecule has 3 nitrogen and oxygen atoms in total. The molecule has 0 saturated heterocycles. The van der Waals surface area contributed by atoms with Crippen LogP contribution in [0.3, 0.4) is 0 Å². The van der Waals surface area contributed by atoms with Crippen LogP contribution in [0.4, 0.5) is 26.3 Å². The van der Waals surface area contributed by atoms with Crippen molar-refractivity contribution >= 4 is 10.1 Å². The fourth-order valence-corrected chi connectivity index (χ4v) is 0.781. The van der Waals surface area contributed by atoms with Crippen LogP contribution in [-0.2, 0) is 14.3 Å². The highest BCUT2D eigenvalue weighted by Crippen LogP contribution is 2.40. The second-order valence-electron chi connectivity index (χ2n) is 2.19. The largest absolute Gasteiger partial charge is 0.459 e. The van der Waals surface area contributed by atoms with Crippen molar-refractivity contribution < 1.29 is 38.9 Å². The van der Waals surface area contributed by atoms with Crippen LogP contribution >= 0.6 is 0 Å². The van der Waals surface area contributed by atoms with Crippen molar-refractivity contribution in [3.8, 4) is 0 Å². The normalized spacial score (nSPS) is 16.1. The van der Waals surface area contributed by atoms with E-state index >= 15 is 0 Å². The van der Waals surface area contributed by atoms with Gasteiger partial charge in [-0.25, -0.2) is 8.57 Å². The molecule has 0 heterocycles. The van der Waals surface area contributed by atoms with Crippen LogP contribution in [-0.4, -0.2) is 26.9 Å². The first-order chi connectivity index (χ1) is 6.44. The Labute approximate surface area is 80.5 Å². The molecule has 0 N–H and O–H groups in total. The number of rotatable bonds is 4. The van der Waals surface area contributed by atoms with Gasteiger partial charge in [0.05, 0.1) is 5.41 Å². The summed E-state index contributed by atoms with van der Waals surface area (Å²) in [5, 5.41) is -0.105. The van der Waals surface area contributed by atoms with Gasteiger partial charge in [0.15, 0.2) is 0 Å². The summed E-state index contributed by atoms with van der Waals surface area (Å²) in [6.07, 6.45) is -10.6. The van der Waals surface area contributed by atoms with Crippen LogP contribution in [0.25, 0.3) is 0 Å². The average molecular weight is 258 g/mol. The highest BCUT2D eigenvalue weighted by atomic mass is 32.2. The van der Waals surface area contributed by atoms with Crippen LogP contribution < -0.4 is 0 Å². The molecule has 1 unspecified atom stereocenters. The number of hydrogen-bond donors (Lipinski definition) is 0. The lowest BCUT2D eigenvalue weighted by Gasteiger charge is -2.21. The average Bonchev–Trinajstić information content (AvgIpc) is 2.01. The van der Waals surface area contributed by atoms with Crippen molar-refractivity contribution in [1.82, 2.24) is 0 Å². The van der Waals surface area contributed by atoms with Gasteiger partial charge in [0.2, 0.25) is 0 Å². The minimum atomic E-state index is -6.25. The van der Waals surface area contributed by atoms with E-state index in [1.807, 2.05) is 0 Å². The number of halogens is 6. The molecule has 0 fully saturated rings. The van der Waals surface area contributed by atoms with Gasteiger partial charge in [-0.05, 0) is 0 Å². The summed E-state index contributed by atoms with van der Waals surface area (Å²) >= 11 is 0. The molecule has 0 bridgehead atoms.